The Morgan fingerprint density at radius 2 is 1.50 bits per heavy atom. The number of hydrogen-bond donors (Lipinski definition) is 3. The second-order valence-electron chi connectivity index (χ2n) is 8.31. The first kappa shape index (κ1) is 21.8. The number of anilines is 1. The molecule has 5 nitrogen and oxygen atoms in total. The lowest BCUT2D eigenvalue weighted by Crippen LogP contribution is -2.52. The fraction of sp³-hybridized carbons (Fsp3) is 0.435. The van der Waals surface area contributed by atoms with Gasteiger partial charge in [0.2, 0.25) is 0 Å². The zero-order valence-corrected chi connectivity index (χ0v) is 17.3. The maximum atomic E-state index is 12.5. The summed E-state index contributed by atoms with van der Waals surface area (Å²) >= 11 is 0. The van der Waals surface area contributed by atoms with Crippen LogP contribution in [0.3, 0.4) is 0 Å². The van der Waals surface area contributed by atoms with E-state index in [2.05, 4.69) is 10.6 Å². The number of rotatable bonds is 7. The molecule has 2 aromatic rings. The molecule has 2 rings (SSSR count). The van der Waals surface area contributed by atoms with E-state index in [4.69, 9.17) is 4.74 Å². The van der Waals surface area contributed by atoms with Crippen molar-refractivity contribution in [2.24, 2.45) is 5.92 Å². The van der Waals surface area contributed by atoms with Crippen LogP contribution in [0.4, 0.5) is 10.5 Å². The summed E-state index contributed by atoms with van der Waals surface area (Å²) < 4.78 is 5.45. The predicted molar refractivity (Wildman–Crippen MR) is 113 cm³/mol. The van der Waals surface area contributed by atoms with Gasteiger partial charge in [0.05, 0.1) is 18.2 Å². The van der Waals surface area contributed by atoms with Crippen LogP contribution in [0, 0.1) is 5.92 Å². The van der Waals surface area contributed by atoms with Crippen LogP contribution in [0.1, 0.15) is 46.2 Å². The summed E-state index contributed by atoms with van der Waals surface area (Å²) in [5.41, 5.74) is 1.25. The van der Waals surface area contributed by atoms with Gasteiger partial charge in [-0.2, -0.15) is 0 Å². The first-order chi connectivity index (χ1) is 13.2. The highest BCUT2D eigenvalue weighted by molar-refractivity contribution is 5.68. The molecule has 2 aromatic carbocycles. The fourth-order valence-electron chi connectivity index (χ4n) is 2.98. The van der Waals surface area contributed by atoms with Gasteiger partial charge in [-0.3, -0.25) is 0 Å². The molecule has 28 heavy (non-hydrogen) atoms. The number of ether oxygens (including phenoxy) is 1. The molecule has 0 heterocycles. The average molecular weight is 385 g/mol. The molecule has 0 saturated heterocycles. The van der Waals surface area contributed by atoms with E-state index in [1.807, 2.05) is 95.3 Å². The first-order valence-corrected chi connectivity index (χ1v) is 9.71. The number of benzene rings is 2. The topological polar surface area (TPSA) is 70.6 Å². The minimum absolute atomic E-state index is 0.0521. The van der Waals surface area contributed by atoms with Gasteiger partial charge >= 0.3 is 6.09 Å². The number of para-hydroxylation sites is 1. The Kier molecular flexibility index (Phi) is 7.46. The van der Waals surface area contributed by atoms with Gasteiger partial charge in [0.15, 0.2) is 0 Å². The molecule has 0 aromatic heterocycles. The molecule has 0 unspecified atom stereocenters. The molecular formula is C23H32N2O3. The van der Waals surface area contributed by atoms with Crippen molar-refractivity contribution < 1.29 is 14.6 Å². The first-order valence-electron chi connectivity index (χ1n) is 9.71. The summed E-state index contributed by atoms with van der Waals surface area (Å²) in [5.74, 6) is -0.0521. The van der Waals surface area contributed by atoms with Crippen LogP contribution in [0.5, 0.6) is 0 Å². The van der Waals surface area contributed by atoms with Crippen LogP contribution < -0.4 is 10.6 Å². The largest absolute Gasteiger partial charge is 0.444 e. The third kappa shape index (κ3) is 6.57. The Balaban J connectivity index is 2.37. The molecule has 0 bridgehead atoms. The Bertz CT molecular complexity index is 727. The Labute approximate surface area is 168 Å². The van der Waals surface area contributed by atoms with E-state index in [9.17, 15) is 9.90 Å². The number of nitrogens with one attached hydrogen (secondary N) is 2. The van der Waals surface area contributed by atoms with E-state index in [-0.39, 0.29) is 12.0 Å². The number of carbonyl (C=O) groups is 1. The van der Waals surface area contributed by atoms with Gasteiger partial charge in [-0.1, -0.05) is 62.4 Å². The van der Waals surface area contributed by atoms with Crippen molar-refractivity contribution in [3.63, 3.8) is 0 Å². The number of aliphatic hydroxyl groups excluding tert-OH is 1. The molecule has 0 radical (unpaired) electrons. The molecular weight excluding hydrogens is 352 g/mol. The quantitative estimate of drug-likeness (QED) is 0.644. The maximum absolute atomic E-state index is 12.5. The van der Waals surface area contributed by atoms with E-state index in [0.717, 1.165) is 11.3 Å². The standard InChI is InChI=1S/C23H32N2O3/c1-16(2)21(26)20(25-22(27)28-23(3,4)5)19(17-12-8-6-9-13-17)24-18-14-10-7-11-15-18/h6-16,19-21,24,26H,1-5H3,(H,25,27)/t19-,20+,21-/m1/s1. The van der Waals surface area contributed by atoms with Crippen LogP contribution in [-0.4, -0.2) is 28.9 Å². The average Bonchev–Trinajstić information content (AvgIpc) is 2.64. The summed E-state index contributed by atoms with van der Waals surface area (Å²) in [6, 6.07) is 18.6. The summed E-state index contributed by atoms with van der Waals surface area (Å²) in [6.45, 7) is 9.31. The van der Waals surface area contributed by atoms with Crippen molar-refractivity contribution in [2.45, 2.75) is 58.4 Å². The molecule has 0 aliphatic heterocycles. The number of amides is 1. The van der Waals surface area contributed by atoms with Crippen LogP contribution in [0.15, 0.2) is 60.7 Å². The number of alkyl carbamates (subject to hydrolysis) is 1. The Morgan fingerprint density at radius 3 is 2.00 bits per heavy atom. The molecule has 0 spiro atoms. The molecule has 1 amide bonds. The molecule has 3 atom stereocenters. The van der Waals surface area contributed by atoms with Crippen molar-refractivity contribution in [1.29, 1.82) is 0 Å². The van der Waals surface area contributed by atoms with E-state index in [1.54, 1.807) is 0 Å². The Morgan fingerprint density at radius 1 is 0.964 bits per heavy atom. The van der Waals surface area contributed by atoms with Gasteiger partial charge < -0.3 is 20.5 Å². The van der Waals surface area contributed by atoms with Gasteiger partial charge in [0.25, 0.3) is 0 Å². The molecule has 0 aliphatic carbocycles. The third-order valence-corrected chi connectivity index (χ3v) is 4.35. The lowest BCUT2D eigenvalue weighted by Gasteiger charge is -2.35. The monoisotopic (exact) mass is 384 g/mol. The van der Waals surface area contributed by atoms with Crippen molar-refractivity contribution >= 4 is 11.8 Å². The normalized spacial score (nSPS) is 14.8. The summed E-state index contributed by atoms with van der Waals surface area (Å²) in [6.07, 6.45) is -1.32. The lowest BCUT2D eigenvalue weighted by molar-refractivity contribution is 0.0329. The van der Waals surface area contributed by atoms with Gasteiger partial charge in [0, 0.05) is 5.69 Å². The minimum Gasteiger partial charge on any atom is -0.444 e. The van der Waals surface area contributed by atoms with Gasteiger partial charge in [-0.05, 0) is 44.4 Å². The zero-order valence-electron chi connectivity index (χ0n) is 17.3. The van der Waals surface area contributed by atoms with Crippen molar-refractivity contribution in [1.82, 2.24) is 5.32 Å². The lowest BCUT2D eigenvalue weighted by atomic mass is 9.89. The third-order valence-electron chi connectivity index (χ3n) is 4.35. The second-order valence-corrected chi connectivity index (χ2v) is 8.31. The number of carbonyl (C=O) groups excluding carboxylic acids is 1. The molecule has 152 valence electrons. The fourth-order valence-corrected chi connectivity index (χ4v) is 2.98. The van der Waals surface area contributed by atoms with Crippen LogP contribution in [0.2, 0.25) is 0 Å². The highest BCUT2D eigenvalue weighted by Gasteiger charge is 2.34. The van der Waals surface area contributed by atoms with Gasteiger partial charge in [-0.15, -0.1) is 0 Å². The van der Waals surface area contributed by atoms with Crippen LogP contribution in [0.25, 0.3) is 0 Å². The zero-order chi connectivity index (χ0) is 20.7. The van der Waals surface area contributed by atoms with Crippen molar-refractivity contribution in [2.75, 3.05) is 5.32 Å². The Hall–Kier alpha value is -2.53. The highest BCUT2D eigenvalue weighted by atomic mass is 16.6. The number of hydrogen-bond acceptors (Lipinski definition) is 4. The SMILES string of the molecule is CC(C)[C@@H](O)[C@@H](NC(=O)OC(C)(C)C)[C@H](Nc1ccccc1)c1ccccc1. The smallest absolute Gasteiger partial charge is 0.408 e. The van der Waals surface area contributed by atoms with Gasteiger partial charge in [-0.25, -0.2) is 4.79 Å². The predicted octanol–water partition coefficient (Wildman–Crippen LogP) is 4.75. The molecule has 0 saturated carbocycles. The van der Waals surface area contributed by atoms with E-state index in [1.165, 1.54) is 0 Å². The summed E-state index contributed by atoms with van der Waals surface area (Å²) in [7, 11) is 0. The van der Waals surface area contributed by atoms with Crippen LogP contribution >= 0.6 is 0 Å². The van der Waals surface area contributed by atoms with Crippen LogP contribution in [-0.2, 0) is 4.74 Å². The summed E-state index contributed by atoms with van der Waals surface area (Å²) in [5, 5.41) is 17.3. The number of aliphatic hydroxyl groups is 1. The molecule has 0 fully saturated rings. The van der Waals surface area contributed by atoms with E-state index < -0.39 is 23.8 Å². The summed E-state index contributed by atoms with van der Waals surface area (Å²) in [4.78, 5) is 12.5. The van der Waals surface area contributed by atoms with E-state index >= 15 is 0 Å². The van der Waals surface area contributed by atoms with Gasteiger partial charge in [0.1, 0.15) is 5.60 Å². The van der Waals surface area contributed by atoms with Crippen molar-refractivity contribution in [3.05, 3.63) is 66.2 Å². The van der Waals surface area contributed by atoms with E-state index in [0.29, 0.717) is 0 Å². The van der Waals surface area contributed by atoms with Crippen molar-refractivity contribution in [3.8, 4) is 0 Å². The maximum Gasteiger partial charge on any atom is 0.408 e. The second kappa shape index (κ2) is 9.60. The minimum atomic E-state index is -0.770. The molecule has 5 heteroatoms. The molecule has 0 aliphatic rings. The highest BCUT2D eigenvalue weighted by Crippen LogP contribution is 2.27. The molecule has 3 N–H and O–H groups in total.